The molecule has 0 aliphatic carbocycles. The van der Waals surface area contributed by atoms with Crippen molar-refractivity contribution in [2.45, 2.75) is 13.3 Å². The molecule has 4 nitrogen and oxygen atoms in total. The zero-order valence-corrected chi connectivity index (χ0v) is 12.3. The van der Waals surface area contributed by atoms with Gasteiger partial charge in [0.15, 0.2) is 0 Å². The van der Waals surface area contributed by atoms with E-state index in [9.17, 15) is 4.79 Å². The number of amides is 2. The second-order valence-corrected chi connectivity index (χ2v) is 4.85. The first-order valence-corrected chi connectivity index (χ1v) is 6.92. The third kappa shape index (κ3) is 4.84. The SMILES string of the molecule is COc1ccc(CCNC(=O)Nc2ccc(C)cc2)cc1. The highest BCUT2D eigenvalue weighted by atomic mass is 16.5. The van der Waals surface area contributed by atoms with Crippen LogP contribution < -0.4 is 15.4 Å². The summed E-state index contributed by atoms with van der Waals surface area (Å²) in [4.78, 5) is 11.7. The Kier molecular flexibility index (Phi) is 5.21. The summed E-state index contributed by atoms with van der Waals surface area (Å²) < 4.78 is 5.11. The molecule has 4 heteroatoms. The molecule has 2 aromatic rings. The summed E-state index contributed by atoms with van der Waals surface area (Å²) in [5.74, 6) is 0.837. The van der Waals surface area contributed by atoms with Gasteiger partial charge in [0.25, 0.3) is 0 Å². The van der Waals surface area contributed by atoms with Gasteiger partial charge in [-0.05, 0) is 43.2 Å². The van der Waals surface area contributed by atoms with Crippen molar-refractivity contribution in [3.63, 3.8) is 0 Å². The van der Waals surface area contributed by atoms with E-state index in [1.165, 1.54) is 5.56 Å². The minimum absolute atomic E-state index is 0.188. The lowest BCUT2D eigenvalue weighted by Gasteiger charge is -2.08. The van der Waals surface area contributed by atoms with E-state index in [1.807, 2.05) is 55.5 Å². The van der Waals surface area contributed by atoms with Crippen LogP contribution in [0.5, 0.6) is 5.75 Å². The van der Waals surface area contributed by atoms with Crippen molar-refractivity contribution < 1.29 is 9.53 Å². The summed E-state index contributed by atoms with van der Waals surface area (Å²) in [6.45, 7) is 2.60. The van der Waals surface area contributed by atoms with E-state index in [2.05, 4.69) is 10.6 Å². The molecule has 0 aliphatic rings. The van der Waals surface area contributed by atoms with Crippen LogP contribution in [-0.2, 0) is 6.42 Å². The number of carbonyl (C=O) groups excluding carboxylic acids is 1. The number of hydrogen-bond acceptors (Lipinski definition) is 2. The van der Waals surface area contributed by atoms with Crippen molar-refractivity contribution in [1.82, 2.24) is 5.32 Å². The first-order chi connectivity index (χ1) is 10.2. The molecular weight excluding hydrogens is 264 g/mol. The molecule has 0 fully saturated rings. The van der Waals surface area contributed by atoms with Crippen LogP contribution in [0.4, 0.5) is 10.5 Å². The molecule has 2 N–H and O–H groups in total. The number of anilines is 1. The van der Waals surface area contributed by atoms with Crippen molar-refractivity contribution in [3.05, 3.63) is 59.7 Å². The minimum atomic E-state index is -0.188. The number of ether oxygens (including phenoxy) is 1. The van der Waals surface area contributed by atoms with Gasteiger partial charge in [-0.3, -0.25) is 0 Å². The summed E-state index contributed by atoms with van der Waals surface area (Å²) in [6, 6.07) is 15.4. The van der Waals surface area contributed by atoms with Gasteiger partial charge in [-0.2, -0.15) is 0 Å². The van der Waals surface area contributed by atoms with Crippen molar-refractivity contribution in [2.24, 2.45) is 0 Å². The second-order valence-electron chi connectivity index (χ2n) is 4.85. The van der Waals surface area contributed by atoms with Crippen molar-refractivity contribution in [1.29, 1.82) is 0 Å². The van der Waals surface area contributed by atoms with Gasteiger partial charge in [-0.1, -0.05) is 29.8 Å². The first kappa shape index (κ1) is 14.9. The van der Waals surface area contributed by atoms with Crippen LogP contribution in [0.3, 0.4) is 0 Å². The molecule has 2 aromatic carbocycles. The summed E-state index contributed by atoms with van der Waals surface area (Å²) in [7, 11) is 1.64. The third-order valence-corrected chi connectivity index (χ3v) is 3.17. The predicted molar refractivity (Wildman–Crippen MR) is 84.9 cm³/mol. The van der Waals surface area contributed by atoms with Gasteiger partial charge < -0.3 is 15.4 Å². The fourth-order valence-electron chi connectivity index (χ4n) is 1.92. The fourth-order valence-corrected chi connectivity index (χ4v) is 1.92. The fraction of sp³-hybridized carbons (Fsp3) is 0.235. The number of benzene rings is 2. The van der Waals surface area contributed by atoms with E-state index >= 15 is 0 Å². The van der Waals surface area contributed by atoms with Crippen LogP contribution in [0, 0.1) is 6.92 Å². The van der Waals surface area contributed by atoms with Gasteiger partial charge in [0.1, 0.15) is 5.75 Å². The molecule has 0 saturated carbocycles. The van der Waals surface area contributed by atoms with Crippen LogP contribution in [0.2, 0.25) is 0 Å². The van der Waals surface area contributed by atoms with Crippen molar-refractivity contribution >= 4 is 11.7 Å². The number of hydrogen-bond donors (Lipinski definition) is 2. The lowest BCUT2D eigenvalue weighted by Crippen LogP contribution is -2.30. The van der Waals surface area contributed by atoms with Crippen LogP contribution in [0.25, 0.3) is 0 Å². The first-order valence-electron chi connectivity index (χ1n) is 6.92. The monoisotopic (exact) mass is 284 g/mol. The number of rotatable bonds is 5. The standard InChI is InChI=1S/C17H20N2O2/c1-13-3-7-15(8-4-13)19-17(20)18-12-11-14-5-9-16(21-2)10-6-14/h3-10H,11-12H2,1-2H3,(H2,18,19,20). The molecule has 0 bridgehead atoms. The lowest BCUT2D eigenvalue weighted by molar-refractivity contribution is 0.252. The molecule has 0 unspecified atom stereocenters. The lowest BCUT2D eigenvalue weighted by atomic mass is 10.1. The normalized spacial score (nSPS) is 10.0. The molecule has 0 saturated heterocycles. The number of nitrogens with one attached hydrogen (secondary N) is 2. The topological polar surface area (TPSA) is 50.4 Å². The average Bonchev–Trinajstić information content (AvgIpc) is 2.50. The molecule has 0 atom stereocenters. The van der Waals surface area contributed by atoms with Gasteiger partial charge in [-0.15, -0.1) is 0 Å². The van der Waals surface area contributed by atoms with E-state index in [0.717, 1.165) is 23.4 Å². The molecule has 2 amide bonds. The Hall–Kier alpha value is -2.49. The zero-order chi connectivity index (χ0) is 15.1. The summed E-state index contributed by atoms with van der Waals surface area (Å²) in [5, 5.41) is 5.65. The maximum absolute atomic E-state index is 11.7. The Morgan fingerprint density at radius 3 is 2.33 bits per heavy atom. The van der Waals surface area contributed by atoms with Crippen LogP contribution in [0.1, 0.15) is 11.1 Å². The Morgan fingerprint density at radius 1 is 1.05 bits per heavy atom. The highest BCUT2D eigenvalue weighted by molar-refractivity contribution is 5.89. The number of aryl methyl sites for hydroxylation is 1. The summed E-state index contributed by atoms with van der Waals surface area (Å²) >= 11 is 0. The highest BCUT2D eigenvalue weighted by Gasteiger charge is 2.01. The number of carbonyl (C=O) groups is 1. The van der Waals surface area contributed by atoms with Crippen LogP contribution >= 0.6 is 0 Å². The van der Waals surface area contributed by atoms with Crippen LogP contribution in [-0.4, -0.2) is 19.7 Å². The quantitative estimate of drug-likeness (QED) is 0.884. The van der Waals surface area contributed by atoms with E-state index in [-0.39, 0.29) is 6.03 Å². The number of methoxy groups -OCH3 is 1. The molecule has 0 spiro atoms. The average molecular weight is 284 g/mol. The van der Waals surface area contributed by atoms with Gasteiger partial charge in [0.2, 0.25) is 0 Å². The number of urea groups is 1. The van der Waals surface area contributed by atoms with E-state index in [0.29, 0.717) is 6.54 Å². The predicted octanol–water partition coefficient (Wildman–Crippen LogP) is 3.37. The van der Waals surface area contributed by atoms with E-state index < -0.39 is 0 Å². The molecule has 0 aliphatic heterocycles. The molecule has 2 rings (SSSR count). The van der Waals surface area contributed by atoms with E-state index in [4.69, 9.17) is 4.74 Å². The Balaban J connectivity index is 1.74. The van der Waals surface area contributed by atoms with Crippen LogP contribution in [0.15, 0.2) is 48.5 Å². The van der Waals surface area contributed by atoms with Gasteiger partial charge >= 0.3 is 6.03 Å². The maximum Gasteiger partial charge on any atom is 0.319 e. The van der Waals surface area contributed by atoms with Gasteiger partial charge in [-0.25, -0.2) is 4.79 Å². The molecule has 21 heavy (non-hydrogen) atoms. The smallest absolute Gasteiger partial charge is 0.319 e. The van der Waals surface area contributed by atoms with Gasteiger partial charge in [0, 0.05) is 12.2 Å². The van der Waals surface area contributed by atoms with Crippen molar-refractivity contribution in [3.8, 4) is 5.75 Å². The summed E-state index contributed by atoms with van der Waals surface area (Å²) in [6.07, 6.45) is 0.783. The largest absolute Gasteiger partial charge is 0.497 e. The van der Waals surface area contributed by atoms with Gasteiger partial charge in [0.05, 0.1) is 7.11 Å². The maximum atomic E-state index is 11.7. The van der Waals surface area contributed by atoms with E-state index in [1.54, 1.807) is 7.11 Å². The summed E-state index contributed by atoms with van der Waals surface area (Å²) in [5.41, 5.74) is 3.12. The Morgan fingerprint density at radius 2 is 1.71 bits per heavy atom. The molecule has 0 heterocycles. The minimum Gasteiger partial charge on any atom is -0.497 e. The second kappa shape index (κ2) is 7.33. The molecule has 0 radical (unpaired) electrons. The molecular formula is C17H20N2O2. The Labute approximate surface area is 125 Å². The molecule has 110 valence electrons. The Bertz CT molecular complexity index is 577. The van der Waals surface area contributed by atoms with Crippen molar-refractivity contribution in [2.75, 3.05) is 19.0 Å². The molecule has 0 aromatic heterocycles. The highest BCUT2D eigenvalue weighted by Crippen LogP contribution is 2.11. The zero-order valence-electron chi connectivity index (χ0n) is 12.3. The third-order valence-electron chi connectivity index (χ3n) is 3.17.